The smallest absolute Gasteiger partial charge is 0.348 e. The second-order valence-corrected chi connectivity index (χ2v) is 5.20. The quantitative estimate of drug-likeness (QED) is 0.488. The number of esters is 1. The molecule has 0 fully saturated rings. The lowest BCUT2D eigenvalue weighted by atomic mass is 10.2. The Morgan fingerprint density at radius 2 is 1.95 bits per heavy atom. The van der Waals surface area contributed by atoms with Gasteiger partial charge in [0.25, 0.3) is 5.69 Å². The summed E-state index contributed by atoms with van der Waals surface area (Å²) in [5, 5.41) is 10.5. The van der Waals surface area contributed by atoms with Crippen LogP contribution in [0.25, 0.3) is 0 Å². The highest BCUT2D eigenvalue weighted by atomic mass is 32.1. The maximum Gasteiger partial charge on any atom is 0.348 e. The predicted octanol–water partition coefficient (Wildman–Crippen LogP) is 3.32. The second-order valence-electron chi connectivity index (χ2n) is 3.91. The van der Waals surface area contributed by atoms with E-state index in [1.165, 1.54) is 23.5 Å². The molecule has 0 amide bonds. The number of aryl methyl sites for hydroxylation is 1. The molecule has 1 heterocycles. The van der Waals surface area contributed by atoms with Gasteiger partial charge in [-0.1, -0.05) is 0 Å². The highest BCUT2D eigenvalue weighted by molar-refractivity contribution is 7.13. The number of hydrogen-bond acceptors (Lipinski definition) is 5. The molecule has 0 radical (unpaired) electrons. The fraction of sp³-hybridized carbons (Fsp3) is 0.154. The topological polar surface area (TPSA) is 69.4 Å². The summed E-state index contributed by atoms with van der Waals surface area (Å²) in [6, 6.07) is 9.50. The number of thiophene rings is 1. The minimum absolute atomic E-state index is 0.0176. The van der Waals surface area contributed by atoms with Crippen LogP contribution in [0.2, 0.25) is 0 Å². The van der Waals surface area contributed by atoms with Crippen molar-refractivity contribution < 1.29 is 14.5 Å². The molecular weight excluding hydrogens is 266 g/mol. The number of nitro groups is 1. The number of non-ortho nitro benzene ring substituents is 1. The third kappa shape index (κ3) is 3.38. The van der Waals surface area contributed by atoms with Crippen LogP contribution in [0.4, 0.5) is 5.69 Å². The summed E-state index contributed by atoms with van der Waals surface area (Å²) >= 11 is 1.37. The zero-order valence-corrected chi connectivity index (χ0v) is 11.0. The Morgan fingerprint density at radius 3 is 2.47 bits per heavy atom. The Labute approximate surface area is 113 Å². The summed E-state index contributed by atoms with van der Waals surface area (Å²) in [7, 11) is 0. The second kappa shape index (κ2) is 5.62. The van der Waals surface area contributed by atoms with E-state index < -0.39 is 4.92 Å². The normalized spacial score (nSPS) is 10.2. The third-order valence-corrected chi connectivity index (χ3v) is 3.44. The van der Waals surface area contributed by atoms with Gasteiger partial charge in [-0.15, -0.1) is 11.3 Å². The minimum Gasteiger partial charge on any atom is -0.457 e. The van der Waals surface area contributed by atoms with Gasteiger partial charge in [-0.3, -0.25) is 10.1 Å². The number of ether oxygens (including phenoxy) is 1. The number of nitro benzene ring substituents is 1. The molecule has 1 aromatic heterocycles. The van der Waals surface area contributed by atoms with Gasteiger partial charge in [-0.05, 0) is 36.8 Å². The van der Waals surface area contributed by atoms with Crippen molar-refractivity contribution in [1.29, 1.82) is 0 Å². The zero-order valence-electron chi connectivity index (χ0n) is 10.2. The van der Waals surface area contributed by atoms with Crippen LogP contribution in [0.15, 0.2) is 36.4 Å². The molecular formula is C13H11NO4S. The molecule has 0 bridgehead atoms. The molecule has 0 spiro atoms. The van der Waals surface area contributed by atoms with E-state index in [2.05, 4.69) is 0 Å². The zero-order chi connectivity index (χ0) is 13.8. The molecule has 2 rings (SSSR count). The van der Waals surface area contributed by atoms with Gasteiger partial charge in [-0.25, -0.2) is 4.79 Å². The highest BCUT2D eigenvalue weighted by Crippen LogP contribution is 2.17. The van der Waals surface area contributed by atoms with Crippen LogP contribution in [0.5, 0.6) is 0 Å². The highest BCUT2D eigenvalue weighted by Gasteiger charge is 2.10. The number of carbonyl (C=O) groups is 1. The van der Waals surface area contributed by atoms with Crippen LogP contribution in [0, 0.1) is 17.0 Å². The number of benzene rings is 1. The Morgan fingerprint density at radius 1 is 1.26 bits per heavy atom. The number of nitrogens with zero attached hydrogens (tertiary/aromatic N) is 1. The molecule has 0 unspecified atom stereocenters. The van der Waals surface area contributed by atoms with Crippen LogP contribution in [0.1, 0.15) is 20.1 Å². The van der Waals surface area contributed by atoms with Crippen LogP contribution in [-0.4, -0.2) is 10.9 Å². The van der Waals surface area contributed by atoms with Crippen molar-refractivity contribution in [3.05, 3.63) is 61.8 Å². The lowest BCUT2D eigenvalue weighted by molar-refractivity contribution is -0.384. The van der Waals surface area contributed by atoms with Crippen LogP contribution in [0.3, 0.4) is 0 Å². The lowest BCUT2D eigenvalue weighted by Gasteiger charge is -2.03. The third-order valence-electron chi connectivity index (χ3n) is 2.46. The molecule has 0 atom stereocenters. The van der Waals surface area contributed by atoms with Crippen molar-refractivity contribution in [2.45, 2.75) is 13.5 Å². The van der Waals surface area contributed by atoms with Gasteiger partial charge in [0.2, 0.25) is 0 Å². The molecule has 0 saturated heterocycles. The number of hydrogen-bond donors (Lipinski definition) is 0. The molecule has 0 N–H and O–H groups in total. The molecule has 19 heavy (non-hydrogen) atoms. The fourth-order valence-electron chi connectivity index (χ4n) is 1.48. The van der Waals surface area contributed by atoms with Gasteiger partial charge < -0.3 is 4.74 Å². The SMILES string of the molecule is Cc1ccc(C(=O)OCc2ccc([N+](=O)[O-])cc2)s1. The first-order chi connectivity index (χ1) is 9.06. The first kappa shape index (κ1) is 13.2. The molecule has 0 aliphatic heterocycles. The van der Waals surface area contributed by atoms with Crippen LogP contribution in [-0.2, 0) is 11.3 Å². The van der Waals surface area contributed by atoms with Crippen molar-refractivity contribution in [2.75, 3.05) is 0 Å². The number of rotatable bonds is 4. The molecule has 6 heteroatoms. The van der Waals surface area contributed by atoms with Gasteiger partial charge in [0, 0.05) is 17.0 Å². The van der Waals surface area contributed by atoms with Crippen molar-refractivity contribution in [3.63, 3.8) is 0 Å². The maximum atomic E-state index is 11.7. The molecule has 0 aliphatic rings. The Balaban J connectivity index is 1.95. The van der Waals surface area contributed by atoms with Gasteiger partial charge in [0.1, 0.15) is 11.5 Å². The fourth-order valence-corrected chi connectivity index (χ4v) is 2.24. The van der Waals surface area contributed by atoms with Crippen molar-refractivity contribution >= 4 is 23.0 Å². The van der Waals surface area contributed by atoms with E-state index in [9.17, 15) is 14.9 Å². The standard InChI is InChI=1S/C13H11NO4S/c1-9-2-7-12(19-9)13(15)18-8-10-3-5-11(6-4-10)14(16)17/h2-7H,8H2,1H3. The summed E-state index contributed by atoms with van der Waals surface area (Å²) in [6.45, 7) is 2.02. The predicted molar refractivity (Wildman–Crippen MR) is 71.3 cm³/mol. The van der Waals surface area contributed by atoms with Gasteiger partial charge in [0.05, 0.1) is 4.92 Å². The first-order valence-electron chi connectivity index (χ1n) is 5.53. The number of carbonyl (C=O) groups excluding carboxylic acids is 1. The Kier molecular flexibility index (Phi) is 3.91. The van der Waals surface area contributed by atoms with E-state index in [0.29, 0.717) is 10.4 Å². The average Bonchev–Trinajstić information content (AvgIpc) is 2.83. The Hall–Kier alpha value is -2.21. The van der Waals surface area contributed by atoms with Gasteiger partial charge >= 0.3 is 5.97 Å². The largest absolute Gasteiger partial charge is 0.457 e. The molecule has 98 valence electrons. The Bertz CT molecular complexity index is 603. The lowest BCUT2D eigenvalue weighted by Crippen LogP contribution is -2.03. The molecule has 0 saturated carbocycles. The monoisotopic (exact) mass is 277 g/mol. The van der Waals surface area contributed by atoms with Crippen molar-refractivity contribution in [1.82, 2.24) is 0 Å². The minimum atomic E-state index is -0.468. The average molecular weight is 277 g/mol. The summed E-state index contributed by atoms with van der Waals surface area (Å²) < 4.78 is 5.13. The molecule has 0 aliphatic carbocycles. The maximum absolute atomic E-state index is 11.7. The van der Waals surface area contributed by atoms with E-state index in [1.807, 2.05) is 13.0 Å². The van der Waals surface area contributed by atoms with Crippen molar-refractivity contribution in [2.24, 2.45) is 0 Å². The summed E-state index contributed by atoms with van der Waals surface area (Å²) in [5.41, 5.74) is 0.733. The first-order valence-corrected chi connectivity index (χ1v) is 6.35. The van der Waals surface area contributed by atoms with Gasteiger partial charge in [0.15, 0.2) is 0 Å². The van der Waals surface area contributed by atoms with E-state index in [-0.39, 0.29) is 18.3 Å². The van der Waals surface area contributed by atoms with Crippen LogP contribution < -0.4 is 0 Å². The summed E-state index contributed by atoms with van der Waals surface area (Å²) in [6.07, 6.45) is 0. The molecule has 2 aromatic rings. The summed E-state index contributed by atoms with van der Waals surface area (Å²) in [5.74, 6) is -0.378. The van der Waals surface area contributed by atoms with Crippen molar-refractivity contribution in [3.8, 4) is 0 Å². The van der Waals surface area contributed by atoms with Crippen LogP contribution >= 0.6 is 11.3 Å². The summed E-state index contributed by atoms with van der Waals surface area (Å²) in [4.78, 5) is 23.3. The van der Waals surface area contributed by atoms with E-state index in [1.54, 1.807) is 18.2 Å². The van der Waals surface area contributed by atoms with E-state index in [4.69, 9.17) is 4.74 Å². The van der Waals surface area contributed by atoms with E-state index in [0.717, 1.165) is 4.88 Å². The van der Waals surface area contributed by atoms with Gasteiger partial charge in [-0.2, -0.15) is 0 Å². The molecule has 5 nitrogen and oxygen atoms in total. The van der Waals surface area contributed by atoms with E-state index >= 15 is 0 Å². The molecule has 1 aromatic carbocycles.